The number of nitrogens with one attached hydrogen (secondary N) is 4. The van der Waals surface area contributed by atoms with E-state index in [0.29, 0.717) is 35.5 Å². The van der Waals surface area contributed by atoms with E-state index in [2.05, 4.69) is 21.2 Å². The van der Waals surface area contributed by atoms with Crippen LogP contribution in [0.1, 0.15) is 28.8 Å². The van der Waals surface area contributed by atoms with E-state index in [4.69, 9.17) is 11.4 Å². The minimum Gasteiger partial charge on any atom is -0.322 e. The molecule has 0 bridgehead atoms. The number of rotatable bonds is 6. The van der Waals surface area contributed by atoms with Crippen molar-refractivity contribution < 1.29 is 9.59 Å². The van der Waals surface area contributed by atoms with Crippen molar-refractivity contribution in [2.75, 3.05) is 17.3 Å². The van der Waals surface area contributed by atoms with Crippen molar-refractivity contribution >= 4 is 34.5 Å². The molecule has 9 heteroatoms. The predicted octanol–water partition coefficient (Wildman–Crippen LogP) is 4.09. The van der Waals surface area contributed by atoms with Gasteiger partial charge in [-0.2, -0.15) is 0 Å². The summed E-state index contributed by atoms with van der Waals surface area (Å²) in [6.45, 7) is 0.680. The summed E-state index contributed by atoms with van der Waals surface area (Å²) in [5, 5.41) is 11.2. The summed E-state index contributed by atoms with van der Waals surface area (Å²) in [6.07, 6.45) is 1.39. The molecule has 0 spiro atoms. The zero-order chi connectivity index (χ0) is 21.8. The largest absolute Gasteiger partial charge is 0.322 e. The maximum atomic E-state index is 12.9. The van der Waals surface area contributed by atoms with E-state index >= 15 is 0 Å². The fraction of sp³-hybridized carbons (Fsp3) is 0.182. The van der Waals surface area contributed by atoms with Gasteiger partial charge in [-0.3, -0.25) is 20.7 Å². The van der Waals surface area contributed by atoms with Crippen molar-refractivity contribution in [3.05, 3.63) is 71.1 Å². The second-order valence-electron chi connectivity index (χ2n) is 7.27. The Hall–Kier alpha value is -3.40. The number of anilines is 2. The van der Waals surface area contributed by atoms with Crippen LogP contribution in [0.15, 0.2) is 65.1 Å². The minimum atomic E-state index is -0.984. The third kappa shape index (κ3) is 3.98. The topological polar surface area (TPSA) is 132 Å². The molecule has 1 fully saturated rings. The van der Waals surface area contributed by atoms with Crippen LogP contribution in [-0.2, 0) is 10.3 Å². The molecular formula is C22H22N6O2S. The van der Waals surface area contributed by atoms with Crippen molar-refractivity contribution in [1.29, 1.82) is 5.53 Å². The fourth-order valence-electron chi connectivity index (χ4n) is 3.86. The first-order valence-corrected chi connectivity index (χ1v) is 10.7. The summed E-state index contributed by atoms with van der Waals surface area (Å²) in [5.74, 6) is 4.80. The summed E-state index contributed by atoms with van der Waals surface area (Å²) >= 11 is 1.61. The lowest BCUT2D eigenvalue weighted by atomic mass is 9.87. The predicted molar refractivity (Wildman–Crippen MR) is 121 cm³/mol. The smallest absolute Gasteiger partial charge is 0.288 e. The van der Waals surface area contributed by atoms with Gasteiger partial charge in [0.15, 0.2) is 0 Å². The third-order valence-corrected chi connectivity index (χ3v) is 6.41. The normalized spacial score (nSPS) is 17.8. The van der Waals surface area contributed by atoms with E-state index in [1.54, 1.807) is 35.6 Å². The highest BCUT2D eigenvalue weighted by molar-refractivity contribution is 7.13. The number of nitrogens with two attached hydrogens (primary N) is 1. The van der Waals surface area contributed by atoms with Gasteiger partial charge < -0.3 is 10.7 Å². The van der Waals surface area contributed by atoms with Gasteiger partial charge in [-0.05, 0) is 66.2 Å². The Kier molecular flexibility index (Phi) is 5.90. The summed E-state index contributed by atoms with van der Waals surface area (Å²) in [5.41, 5.74) is 12.1. The standard InChI is InChI=1S/C22H22N6O2S/c23-27-17-9-6-15(19-3-1-12-31-19)13-18(17)26-20(29)14-4-7-16(8-5-14)22(21(30)28-24)10-2-11-25-22/h1,3-9,12-13,24-25,27H,2,10-11,23H2,(H,26,29). The van der Waals surface area contributed by atoms with Gasteiger partial charge in [-0.1, -0.05) is 24.3 Å². The number of hydrazine groups is 1. The van der Waals surface area contributed by atoms with Crippen LogP contribution < -0.4 is 21.9 Å². The number of nitrogens with zero attached hydrogens (tertiary/aromatic N) is 1. The van der Waals surface area contributed by atoms with Crippen LogP contribution >= 0.6 is 11.3 Å². The highest BCUT2D eigenvalue weighted by Crippen LogP contribution is 2.33. The Labute approximate surface area is 183 Å². The van der Waals surface area contributed by atoms with Crippen molar-refractivity contribution in [3.8, 4) is 10.4 Å². The van der Waals surface area contributed by atoms with E-state index < -0.39 is 11.4 Å². The summed E-state index contributed by atoms with van der Waals surface area (Å²) in [7, 11) is 0. The maximum absolute atomic E-state index is 12.9. The van der Waals surface area contributed by atoms with E-state index in [1.807, 2.05) is 35.7 Å². The first-order valence-electron chi connectivity index (χ1n) is 9.81. The Morgan fingerprint density at radius 2 is 1.94 bits per heavy atom. The summed E-state index contributed by atoms with van der Waals surface area (Å²) in [4.78, 5) is 26.2. The highest BCUT2D eigenvalue weighted by atomic mass is 32.1. The second-order valence-corrected chi connectivity index (χ2v) is 8.21. The quantitative estimate of drug-likeness (QED) is 0.226. The molecule has 6 N–H and O–H groups in total. The molecule has 1 atom stereocenters. The van der Waals surface area contributed by atoms with Crippen molar-refractivity contribution in [2.45, 2.75) is 18.4 Å². The van der Waals surface area contributed by atoms with Gasteiger partial charge in [0.1, 0.15) is 5.54 Å². The number of benzene rings is 2. The molecule has 0 aliphatic carbocycles. The molecule has 1 saturated heterocycles. The van der Waals surface area contributed by atoms with Gasteiger partial charge in [0.2, 0.25) is 0 Å². The molecule has 8 nitrogen and oxygen atoms in total. The number of hydrogen-bond donors (Lipinski definition) is 5. The Morgan fingerprint density at radius 3 is 2.55 bits per heavy atom. The SMILES string of the molecule is N=NC(=O)C1(c2ccc(C(=O)Nc3cc(-c4cccs4)ccc3NN)cc2)CCCN1. The maximum Gasteiger partial charge on any atom is 0.288 e. The molecule has 158 valence electrons. The van der Waals surface area contributed by atoms with Gasteiger partial charge in [0, 0.05) is 10.4 Å². The Bertz CT molecular complexity index is 1110. The van der Waals surface area contributed by atoms with Crippen LogP contribution in [-0.4, -0.2) is 18.4 Å². The molecule has 1 aliphatic rings. The lowest BCUT2D eigenvalue weighted by Crippen LogP contribution is -2.43. The van der Waals surface area contributed by atoms with Crippen LogP contribution in [0.4, 0.5) is 11.4 Å². The molecule has 1 aromatic heterocycles. The monoisotopic (exact) mass is 434 g/mol. The van der Waals surface area contributed by atoms with Gasteiger partial charge >= 0.3 is 0 Å². The number of amides is 2. The average molecular weight is 435 g/mol. The number of carbonyl (C=O) groups is 2. The van der Waals surface area contributed by atoms with E-state index in [9.17, 15) is 9.59 Å². The molecule has 2 aromatic carbocycles. The van der Waals surface area contributed by atoms with Crippen LogP contribution in [0.2, 0.25) is 0 Å². The lowest BCUT2D eigenvalue weighted by Gasteiger charge is -2.25. The van der Waals surface area contributed by atoms with Crippen molar-refractivity contribution in [3.63, 3.8) is 0 Å². The van der Waals surface area contributed by atoms with E-state index in [0.717, 1.165) is 16.9 Å². The third-order valence-electron chi connectivity index (χ3n) is 5.49. The summed E-state index contributed by atoms with van der Waals surface area (Å²) in [6, 6.07) is 16.4. The molecule has 31 heavy (non-hydrogen) atoms. The molecule has 4 rings (SSSR count). The highest BCUT2D eigenvalue weighted by Gasteiger charge is 2.42. The Morgan fingerprint density at radius 1 is 1.13 bits per heavy atom. The minimum absolute atomic E-state index is 0.295. The van der Waals surface area contributed by atoms with E-state index in [-0.39, 0.29) is 5.91 Å². The van der Waals surface area contributed by atoms with Gasteiger partial charge in [0.05, 0.1) is 11.4 Å². The van der Waals surface area contributed by atoms with Crippen LogP contribution in [0.5, 0.6) is 0 Å². The zero-order valence-electron chi connectivity index (χ0n) is 16.6. The molecule has 3 aromatic rings. The number of hydrogen-bond acceptors (Lipinski definition) is 7. The molecule has 0 radical (unpaired) electrons. The van der Waals surface area contributed by atoms with Gasteiger partial charge in [0.25, 0.3) is 11.8 Å². The number of carbonyl (C=O) groups excluding carboxylic acids is 2. The van der Waals surface area contributed by atoms with Crippen molar-refractivity contribution in [2.24, 2.45) is 11.0 Å². The number of thiophene rings is 1. The molecule has 1 unspecified atom stereocenters. The first-order chi connectivity index (χ1) is 15.1. The summed E-state index contributed by atoms with van der Waals surface area (Å²) < 4.78 is 0. The zero-order valence-corrected chi connectivity index (χ0v) is 17.5. The molecule has 1 aliphatic heterocycles. The fourth-order valence-corrected chi connectivity index (χ4v) is 4.59. The number of nitrogen functional groups attached to an aromatic ring is 1. The molecule has 0 saturated carbocycles. The second kappa shape index (κ2) is 8.76. The average Bonchev–Trinajstić information content (AvgIpc) is 3.52. The van der Waals surface area contributed by atoms with Crippen LogP contribution in [0.3, 0.4) is 0 Å². The Balaban J connectivity index is 1.58. The molecular weight excluding hydrogens is 412 g/mol. The van der Waals surface area contributed by atoms with Crippen molar-refractivity contribution in [1.82, 2.24) is 5.32 Å². The molecule has 2 heterocycles. The van der Waals surface area contributed by atoms with E-state index in [1.165, 1.54) is 0 Å². The van der Waals surface area contributed by atoms with Gasteiger partial charge in [-0.15, -0.1) is 16.5 Å². The van der Waals surface area contributed by atoms with Crippen LogP contribution in [0, 0.1) is 5.53 Å². The van der Waals surface area contributed by atoms with Gasteiger partial charge in [-0.25, -0.2) is 5.53 Å². The van der Waals surface area contributed by atoms with Crippen LogP contribution in [0.25, 0.3) is 10.4 Å². The molecule has 2 amide bonds. The first kappa shape index (κ1) is 20.9. The lowest BCUT2D eigenvalue weighted by molar-refractivity contribution is -0.124.